The quantitative estimate of drug-likeness (QED) is 0.235. The van der Waals surface area contributed by atoms with Crippen molar-refractivity contribution in [3.05, 3.63) is 101 Å². The number of aromatic nitrogens is 4. The molecule has 1 aromatic heterocycles. The molecule has 1 amide bonds. The predicted molar refractivity (Wildman–Crippen MR) is 158 cm³/mol. The van der Waals surface area contributed by atoms with Crippen LogP contribution in [0.2, 0.25) is 0 Å². The summed E-state index contributed by atoms with van der Waals surface area (Å²) in [7, 11) is -4.02. The Morgan fingerprint density at radius 3 is 2.31 bits per heavy atom. The first-order valence-electron chi connectivity index (χ1n) is 13.3. The minimum absolute atomic E-state index is 0.0151. The number of hydrogen-bond donors (Lipinski definition) is 2. The molecule has 6 rings (SSSR count). The first-order valence-corrected chi connectivity index (χ1v) is 15.6. The van der Waals surface area contributed by atoms with E-state index in [1.807, 2.05) is 66.4 Å². The molecule has 13 heteroatoms. The third-order valence-corrected chi connectivity index (χ3v) is 9.57. The Kier molecular flexibility index (Phi) is 8.37. The molecule has 2 unspecified atom stereocenters. The Labute approximate surface area is 248 Å². The number of fused-ring (bicyclic) bond motifs is 1. The van der Waals surface area contributed by atoms with E-state index in [-0.39, 0.29) is 27.0 Å². The summed E-state index contributed by atoms with van der Waals surface area (Å²) in [5.74, 6) is 1.45. The van der Waals surface area contributed by atoms with Gasteiger partial charge in [-0.25, -0.2) is 4.68 Å². The van der Waals surface area contributed by atoms with E-state index in [4.69, 9.17) is 15.0 Å². The Hall–Kier alpha value is -3.78. The van der Waals surface area contributed by atoms with Crippen LogP contribution in [0, 0.1) is 6.92 Å². The molecule has 2 aliphatic rings. The van der Waals surface area contributed by atoms with Crippen molar-refractivity contribution in [1.82, 2.24) is 25.1 Å². The third kappa shape index (κ3) is 6.33. The number of ether oxygens (including phenoxy) is 1. The number of hydrogen-bond acceptors (Lipinski definition) is 9. The van der Waals surface area contributed by atoms with Crippen molar-refractivity contribution in [2.45, 2.75) is 61.0 Å². The SMILES string of the molecule is CC1(C)S[C@H]2C(N)C(=O)N2C1c1nnnn1Cc1ccc(OCc2ccccc2)cc1.Cc1ccc(S(=O)(=O)O)cc1. The number of carbonyl (C=O) groups excluding carboxylic acids is 1. The summed E-state index contributed by atoms with van der Waals surface area (Å²) in [4.78, 5) is 14.2. The minimum atomic E-state index is -4.02. The molecule has 2 aliphatic heterocycles. The van der Waals surface area contributed by atoms with Gasteiger partial charge in [0, 0.05) is 4.75 Å². The van der Waals surface area contributed by atoms with Crippen LogP contribution in [0.3, 0.4) is 0 Å². The van der Waals surface area contributed by atoms with Gasteiger partial charge in [-0.2, -0.15) is 8.42 Å². The minimum Gasteiger partial charge on any atom is -0.489 e. The average Bonchev–Trinajstić information content (AvgIpc) is 3.52. The normalized spacial score (nSPS) is 20.7. The number of benzene rings is 3. The van der Waals surface area contributed by atoms with Gasteiger partial charge in [0.05, 0.1) is 11.4 Å². The first kappa shape index (κ1) is 29.7. The Bertz CT molecular complexity index is 1640. The molecule has 0 saturated carbocycles. The Morgan fingerprint density at radius 1 is 1.00 bits per heavy atom. The van der Waals surface area contributed by atoms with Gasteiger partial charge in [0.25, 0.3) is 10.1 Å². The fraction of sp³-hybridized carbons (Fsp3) is 0.310. The van der Waals surface area contributed by atoms with Gasteiger partial charge in [-0.1, -0.05) is 60.2 Å². The topological polar surface area (TPSA) is 154 Å². The fourth-order valence-electron chi connectivity index (χ4n) is 4.90. The largest absolute Gasteiger partial charge is 0.489 e. The molecule has 0 aliphatic carbocycles. The van der Waals surface area contributed by atoms with Gasteiger partial charge in [-0.3, -0.25) is 9.35 Å². The highest BCUT2D eigenvalue weighted by atomic mass is 32.2. The number of aryl methyl sites for hydroxylation is 1. The molecule has 2 saturated heterocycles. The number of carbonyl (C=O) groups is 1. The van der Waals surface area contributed by atoms with Crippen LogP contribution in [0.1, 0.15) is 42.4 Å². The lowest BCUT2D eigenvalue weighted by Crippen LogP contribution is -2.65. The Balaban J connectivity index is 0.000000271. The van der Waals surface area contributed by atoms with Crippen LogP contribution in [0.4, 0.5) is 0 Å². The molecular weight excluding hydrogens is 576 g/mol. The van der Waals surface area contributed by atoms with E-state index in [1.54, 1.807) is 28.6 Å². The molecular formula is C29H32N6O5S2. The monoisotopic (exact) mass is 608 g/mol. The summed E-state index contributed by atoms with van der Waals surface area (Å²) in [6.45, 7) is 7.10. The number of β-lactam (4-membered cyclic amide) rings is 1. The second kappa shape index (κ2) is 11.8. The standard InChI is InChI=1S/C22H24N6O2S.C7H8O3S/c1-22(2)18(28-20(29)17(23)21(28)31-22)19-24-25-26-27(19)12-14-8-10-16(11-9-14)30-13-15-6-4-3-5-7-15;1-6-2-4-7(5-3-6)11(8,9)10/h3-11,17-18,21H,12-13,23H2,1-2H3;2-5H,1H3,(H,8,9,10)/t17?,18?,21-;/m0./s1. The number of amides is 1. The highest BCUT2D eigenvalue weighted by molar-refractivity contribution is 8.01. The van der Waals surface area contributed by atoms with Crippen molar-refractivity contribution < 1.29 is 22.5 Å². The Morgan fingerprint density at radius 2 is 1.67 bits per heavy atom. The van der Waals surface area contributed by atoms with Crippen molar-refractivity contribution in [2.75, 3.05) is 0 Å². The highest BCUT2D eigenvalue weighted by Crippen LogP contribution is 2.56. The van der Waals surface area contributed by atoms with Crippen LogP contribution >= 0.6 is 11.8 Å². The van der Waals surface area contributed by atoms with E-state index in [0.29, 0.717) is 19.0 Å². The maximum atomic E-state index is 12.4. The number of thioether (sulfide) groups is 1. The molecule has 3 heterocycles. The molecule has 11 nitrogen and oxygen atoms in total. The third-order valence-electron chi connectivity index (χ3n) is 7.11. The maximum Gasteiger partial charge on any atom is 0.294 e. The van der Waals surface area contributed by atoms with Crippen LogP contribution in [0.5, 0.6) is 5.75 Å². The highest BCUT2D eigenvalue weighted by Gasteiger charge is 2.62. The van der Waals surface area contributed by atoms with Gasteiger partial charge >= 0.3 is 0 Å². The number of rotatable bonds is 7. The molecule has 3 aromatic carbocycles. The van der Waals surface area contributed by atoms with Gasteiger partial charge in [0.2, 0.25) is 5.91 Å². The van der Waals surface area contributed by atoms with Crippen molar-refractivity contribution in [3.8, 4) is 5.75 Å². The lowest BCUT2D eigenvalue weighted by atomic mass is 9.95. The zero-order valence-corrected chi connectivity index (χ0v) is 25.0. The molecule has 0 spiro atoms. The van der Waals surface area contributed by atoms with E-state index in [0.717, 1.165) is 22.4 Å². The predicted octanol–water partition coefficient (Wildman–Crippen LogP) is 3.60. The van der Waals surface area contributed by atoms with Crippen LogP contribution in [0.15, 0.2) is 83.8 Å². The van der Waals surface area contributed by atoms with E-state index < -0.39 is 16.2 Å². The summed E-state index contributed by atoms with van der Waals surface area (Å²) in [6, 6.07) is 23.3. The zero-order chi connectivity index (χ0) is 30.1. The second-order valence-electron chi connectivity index (χ2n) is 10.7. The average molecular weight is 609 g/mol. The fourth-order valence-corrected chi connectivity index (χ4v) is 6.95. The molecule has 3 N–H and O–H groups in total. The molecule has 42 heavy (non-hydrogen) atoms. The van der Waals surface area contributed by atoms with Crippen LogP contribution < -0.4 is 10.5 Å². The van der Waals surface area contributed by atoms with Crippen molar-refractivity contribution in [3.63, 3.8) is 0 Å². The molecule has 220 valence electrons. The summed E-state index contributed by atoms with van der Waals surface area (Å²) < 4.78 is 37.0. The van der Waals surface area contributed by atoms with Crippen molar-refractivity contribution in [1.29, 1.82) is 0 Å². The van der Waals surface area contributed by atoms with Gasteiger partial charge in [0.15, 0.2) is 5.82 Å². The smallest absolute Gasteiger partial charge is 0.294 e. The van der Waals surface area contributed by atoms with E-state index in [1.165, 1.54) is 12.1 Å². The van der Waals surface area contributed by atoms with Gasteiger partial charge < -0.3 is 15.4 Å². The summed E-state index contributed by atoms with van der Waals surface area (Å²) in [6.07, 6.45) is 0. The van der Waals surface area contributed by atoms with Crippen LogP contribution in [-0.4, -0.2) is 60.1 Å². The van der Waals surface area contributed by atoms with Crippen molar-refractivity contribution in [2.24, 2.45) is 5.73 Å². The van der Waals surface area contributed by atoms with E-state index in [2.05, 4.69) is 29.4 Å². The van der Waals surface area contributed by atoms with Gasteiger partial charge in [-0.15, -0.1) is 16.9 Å². The summed E-state index contributed by atoms with van der Waals surface area (Å²) in [5.41, 5.74) is 9.13. The maximum absolute atomic E-state index is 12.4. The summed E-state index contributed by atoms with van der Waals surface area (Å²) in [5, 5.41) is 12.4. The molecule has 0 radical (unpaired) electrons. The van der Waals surface area contributed by atoms with Crippen molar-refractivity contribution >= 4 is 27.8 Å². The lowest BCUT2D eigenvalue weighted by molar-refractivity contribution is -0.147. The zero-order valence-electron chi connectivity index (χ0n) is 23.4. The molecule has 4 aromatic rings. The van der Waals surface area contributed by atoms with Gasteiger partial charge in [0.1, 0.15) is 29.8 Å². The molecule has 3 atom stereocenters. The van der Waals surface area contributed by atoms with E-state index >= 15 is 0 Å². The number of tetrazole rings is 1. The lowest BCUT2D eigenvalue weighted by Gasteiger charge is -2.42. The van der Waals surface area contributed by atoms with Crippen LogP contribution in [-0.2, 0) is 28.1 Å². The van der Waals surface area contributed by atoms with E-state index in [9.17, 15) is 13.2 Å². The second-order valence-corrected chi connectivity index (χ2v) is 13.9. The number of nitrogens with zero attached hydrogens (tertiary/aromatic N) is 5. The molecule has 2 fully saturated rings. The van der Waals surface area contributed by atoms with Gasteiger partial charge in [-0.05, 0) is 66.6 Å². The van der Waals surface area contributed by atoms with Crippen LogP contribution in [0.25, 0.3) is 0 Å². The summed E-state index contributed by atoms with van der Waals surface area (Å²) >= 11 is 1.71. The first-order chi connectivity index (χ1) is 19.9. The number of nitrogens with two attached hydrogens (primary N) is 1. The molecule has 0 bridgehead atoms.